The molecular formula is C16H30NO3. The molecule has 4 nitrogen and oxygen atoms in total. The van der Waals surface area contributed by atoms with Crippen molar-refractivity contribution in [2.24, 2.45) is 0 Å². The van der Waals surface area contributed by atoms with Gasteiger partial charge >= 0.3 is 6.16 Å². The number of hydrogen-bond donors (Lipinski definition) is 0. The summed E-state index contributed by atoms with van der Waals surface area (Å²) in [5, 5.41) is 4.15. The topological polar surface area (TPSA) is 49.6 Å². The number of carbonyl (C=O) groups excluding carboxylic acids is 1. The smallest absolute Gasteiger partial charge is 0.434 e. The van der Waals surface area contributed by atoms with E-state index in [-0.39, 0.29) is 6.23 Å². The highest BCUT2D eigenvalue weighted by atomic mass is 16.7. The molecule has 0 bridgehead atoms. The molecule has 4 heteroatoms. The first-order valence-electron chi connectivity index (χ1n) is 8.33. The van der Waals surface area contributed by atoms with Gasteiger partial charge < -0.3 is 9.47 Å². The summed E-state index contributed by atoms with van der Waals surface area (Å²) in [6, 6.07) is 0. The van der Waals surface area contributed by atoms with Crippen LogP contribution in [0.3, 0.4) is 0 Å². The zero-order valence-corrected chi connectivity index (χ0v) is 12.9. The van der Waals surface area contributed by atoms with Gasteiger partial charge in [0.05, 0.1) is 6.61 Å². The highest BCUT2D eigenvalue weighted by molar-refractivity contribution is 5.60. The van der Waals surface area contributed by atoms with Gasteiger partial charge in [0, 0.05) is 13.0 Å². The lowest BCUT2D eigenvalue weighted by Gasteiger charge is -2.10. The number of hydrogen-bond acceptors (Lipinski definition) is 3. The average Bonchev–Trinajstić information content (AvgIpc) is 2.93. The van der Waals surface area contributed by atoms with Crippen LogP contribution in [0.1, 0.15) is 77.6 Å². The molecule has 1 aliphatic rings. The Morgan fingerprint density at radius 3 is 2.30 bits per heavy atom. The minimum atomic E-state index is -0.555. The molecule has 117 valence electrons. The van der Waals surface area contributed by atoms with Crippen LogP contribution < -0.4 is 5.32 Å². The number of carbonyl (C=O) groups is 1. The van der Waals surface area contributed by atoms with Crippen molar-refractivity contribution >= 4 is 6.16 Å². The van der Waals surface area contributed by atoms with E-state index in [0.717, 1.165) is 32.2 Å². The van der Waals surface area contributed by atoms with Crippen LogP contribution in [-0.2, 0) is 9.47 Å². The Morgan fingerprint density at radius 2 is 1.70 bits per heavy atom. The van der Waals surface area contributed by atoms with Crippen LogP contribution in [0.5, 0.6) is 0 Å². The molecule has 1 unspecified atom stereocenters. The fourth-order valence-corrected chi connectivity index (χ4v) is 2.40. The molecule has 0 aliphatic carbocycles. The van der Waals surface area contributed by atoms with E-state index in [9.17, 15) is 4.79 Å². The molecule has 1 rings (SSSR count). The minimum Gasteiger partial charge on any atom is -0.434 e. The second kappa shape index (κ2) is 12.0. The fourth-order valence-electron chi connectivity index (χ4n) is 2.40. The predicted octanol–water partition coefficient (Wildman–Crippen LogP) is 4.39. The van der Waals surface area contributed by atoms with E-state index in [1.165, 1.54) is 44.9 Å². The molecule has 1 radical (unpaired) electrons. The van der Waals surface area contributed by atoms with E-state index in [0.29, 0.717) is 6.61 Å². The second-order valence-electron chi connectivity index (χ2n) is 5.55. The standard InChI is InChI=1S/C16H30NO3/c1-2-3-4-5-6-7-8-9-10-14-19-16(18)20-15-12-11-13-17-15/h15H,2-14H2,1H3. The summed E-state index contributed by atoms with van der Waals surface area (Å²) in [5.41, 5.74) is 0. The summed E-state index contributed by atoms with van der Waals surface area (Å²) >= 11 is 0. The van der Waals surface area contributed by atoms with Gasteiger partial charge in [-0.3, -0.25) is 0 Å². The van der Waals surface area contributed by atoms with Crippen LogP contribution in [0, 0.1) is 0 Å². The number of ether oxygens (including phenoxy) is 2. The quantitative estimate of drug-likeness (QED) is 0.417. The molecule has 1 heterocycles. The van der Waals surface area contributed by atoms with Crippen molar-refractivity contribution < 1.29 is 14.3 Å². The van der Waals surface area contributed by atoms with Gasteiger partial charge in [-0.05, 0) is 12.8 Å². The highest BCUT2D eigenvalue weighted by Crippen LogP contribution is 2.11. The Hall–Kier alpha value is -0.770. The van der Waals surface area contributed by atoms with E-state index in [1.54, 1.807) is 0 Å². The van der Waals surface area contributed by atoms with E-state index in [4.69, 9.17) is 9.47 Å². The van der Waals surface area contributed by atoms with E-state index < -0.39 is 6.16 Å². The maximum Gasteiger partial charge on any atom is 0.509 e. The number of nitrogens with zero attached hydrogens (tertiary/aromatic N) is 1. The molecule has 0 aromatic rings. The molecule has 1 fully saturated rings. The van der Waals surface area contributed by atoms with Crippen molar-refractivity contribution in [3.05, 3.63) is 0 Å². The van der Waals surface area contributed by atoms with Gasteiger partial charge in [-0.2, -0.15) is 0 Å². The van der Waals surface area contributed by atoms with E-state index >= 15 is 0 Å². The summed E-state index contributed by atoms with van der Waals surface area (Å²) < 4.78 is 10.1. The third-order valence-electron chi connectivity index (χ3n) is 3.64. The van der Waals surface area contributed by atoms with Crippen LogP contribution >= 0.6 is 0 Å². The van der Waals surface area contributed by atoms with Crippen molar-refractivity contribution in [1.82, 2.24) is 5.32 Å². The monoisotopic (exact) mass is 284 g/mol. The van der Waals surface area contributed by atoms with Gasteiger partial charge in [-0.1, -0.05) is 58.3 Å². The van der Waals surface area contributed by atoms with Gasteiger partial charge in [-0.25, -0.2) is 10.1 Å². The Morgan fingerprint density at radius 1 is 1.05 bits per heavy atom. The second-order valence-corrected chi connectivity index (χ2v) is 5.55. The molecule has 0 aromatic carbocycles. The lowest BCUT2D eigenvalue weighted by atomic mass is 10.1. The van der Waals surface area contributed by atoms with Crippen molar-refractivity contribution in [2.45, 2.75) is 83.8 Å². The molecule has 0 N–H and O–H groups in total. The lowest BCUT2D eigenvalue weighted by molar-refractivity contribution is 0.0168. The third-order valence-corrected chi connectivity index (χ3v) is 3.64. The third kappa shape index (κ3) is 9.18. The first kappa shape index (κ1) is 17.3. The van der Waals surface area contributed by atoms with Crippen molar-refractivity contribution in [2.75, 3.05) is 13.2 Å². The van der Waals surface area contributed by atoms with Gasteiger partial charge in [0.25, 0.3) is 0 Å². The molecule has 0 amide bonds. The SMILES string of the molecule is CCCCCCCCCCCOC(=O)OC1CCC[N]1. The first-order chi connectivity index (χ1) is 9.83. The van der Waals surface area contributed by atoms with Gasteiger partial charge in [-0.15, -0.1) is 0 Å². The van der Waals surface area contributed by atoms with Crippen LogP contribution in [0.25, 0.3) is 0 Å². The van der Waals surface area contributed by atoms with Crippen molar-refractivity contribution in [1.29, 1.82) is 0 Å². The Kier molecular flexibility index (Phi) is 10.4. The summed E-state index contributed by atoms with van der Waals surface area (Å²) in [6.07, 6.45) is 12.4. The van der Waals surface area contributed by atoms with Crippen LogP contribution in [-0.4, -0.2) is 25.5 Å². The number of unbranched alkanes of at least 4 members (excludes halogenated alkanes) is 8. The maximum absolute atomic E-state index is 11.3. The van der Waals surface area contributed by atoms with Crippen LogP contribution in [0.4, 0.5) is 4.79 Å². The zero-order chi connectivity index (χ0) is 14.5. The molecule has 1 atom stereocenters. The van der Waals surface area contributed by atoms with E-state index in [2.05, 4.69) is 12.2 Å². The maximum atomic E-state index is 11.3. The largest absolute Gasteiger partial charge is 0.509 e. The average molecular weight is 284 g/mol. The molecular weight excluding hydrogens is 254 g/mol. The Labute approximate surface area is 123 Å². The first-order valence-corrected chi connectivity index (χ1v) is 8.33. The minimum absolute atomic E-state index is 0.259. The van der Waals surface area contributed by atoms with Crippen molar-refractivity contribution in [3.8, 4) is 0 Å². The van der Waals surface area contributed by atoms with Gasteiger partial charge in [0.15, 0.2) is 6.23 Å². The van der Waals surface area contributed by atoms with Crippen molar-refractivity contribution in [3.63, 3.8) is 0 Å². The van der Waals surface area contributed by atoms with E-state index in [1.807, 2.05) is 0 Å². The summed E-state index contributed by atoms with van der Waals surface area (Å²) in [6.45, 7) is 3.52. The Bertz CT molecular complexity index is 240. The molecule has 1 aliphatic heterocycles. The summed E-state index contributed by atoms with van der Waals surface area (Å²) in [7, 11) is 0. The molecule has 20 heavy (non-hydrogen) atoms. The van der Waals surface area contributed by atoms with Gasteiger partial charge in [0.1, 0.15) is 0 Å². The van der Waals surface area contributed by atoms with Gasteiger partial charge in [0.2, 0.25) is 0 Å². The highest BCUT2D eigenvalue weighted by Gasteiger charge is 2.20. The number of rotatable bonds is 11. The molecule has 0 spiro atoms. The van der Waals surface area contributed by atoms with Crippen LogP contribution in [0.2, 0.25) is 0 Å². The van der Waals surface area contributed by atoms with Crippen LogP contribution in [0.15, 0.2) is 0 Å². The normalized spacial score (nSPS) is 18.1. The summed E-state index contributed by atoms with van der Waals surface area (Å²) in [4.78, 5) is 11.3. The fraction of sp³-hybridized carbons (Fsp3) is 0.938. The zero-order valence-electron chi connectivity index (χ0n) is 12.9. The summed E-state index contributed by atoms with van der Waals surface area (Å²) in [5.74, 6) is 0. The lowest BCUT2D eigenvalue weighted by Crippen LogP contribution is -2.23. The Balaban J connectivity index is 1.78. The molecule has 0 aromatic heterocycles. The molecule has 1 saturated heterocycles. The predicted molar refractivity (Wildman–Crippen MR) is 79.7 cm³/mol. The molecule has 0 saturated carbocycles.